The predicted molar refractivity (Wildman–Crippen MR) is 44.5 cm³/mol. The number of ether oxygens (including phenoxy) is 1. The summed E-state index contributed by atoms with van der Waals surface area (Å²) >= 11 is 0. The summed E-state index contributed by atoms with van der Waals surface area (Å²) in [5, 5.41) is 9.14. The van der Waals surface area contributed by atoms with Crippen molar-refractivity contribution in [3.63, 3.8) is 0 Å². The van der Waals surface area contributed by atoms with E-state index in [2.05, 4.69) is 0 Å². The molecule has 0 radical (unpaired) electrons. The van der Waals surface area contributed by atoms with E-state index in [0.29, 0.717) is 0 Å². The summed E-state index contributed by atoms with van der Waals surface area (Å²) in [6.45, 7) is 0.184. The smallest absolute Gasteiger partial charge is 0.0908 e. The number of hydrogen-bond acceptors (Lipinski definition) is 2. The summed E-state index contributed by atoms with van der Waals surface area (Å²) in [5.41, 5.74) is -0.198. The number of hydrogen-bond donors (Lipinski definition) is 1. The third-order valence-corrected chi connectivity index (χ3v) is 2.74. The zero-order valence-corrected chi connectivity index (χ0v) is 7.31. The van der Waals surface area contributed by atoms with Crippen molar-refractivity contribution in [1.82, 2.24) is 0 Å². The Bertz CT molecular complexity index is 98.1. The highest BCUT2D eigenvalue weighted by Gasteiger charge is 2.29. The Kier molecular flexibility index (Phi) is 3.34. The van der Waals surface area contributed by atoms with E-state index in [4.69, 9.17) is 9.84 Å². The van der Waals surface area contributed by atoms with Crippen LogP contribution >= 0.6 is 0 Å². The van der Waals surface area contributed by atoms with Crippen LogP contribution in [0, 0.1) is 0 Å². The molecule has 1 aliphatic carbocycles. The van der Waals surface area contributed by atoms with E-state index < -0.39 is 0 Å². The van der Waals surface area contributed by atoms with Crippen molar-refractivity contribution in [3.8, 4) is 0 Å². The molecule has 0 saturated heterocycles. The van der Waals surface area contributed by atoms with Crippen LogP contribution < -0.4 is 0 Å². The van der Waals surface area contributed by atoms with Gasteiger partial charge in [-0.2, -0.15) is 0 Å². The molecule has 66 valence electrons. The van der Waals surface area contributed by atoms with Gasteiger partial charge >= 0.3 is 0 Å². The molecule has 1 rings (SSSR count). The van der Waals surface area contributed by atoms with Crippen molar-refractivity contribution >= 4 is 0 Å². The predicted octanol–water partition coefficient (Wildman–Crippen LogP) is 1.72. The van der Waals surface area contributed by atoms with E-state index in [0.717, 1.165) is 12.8 Å². The molecule has 0 amide bonds. The number of aliphatic hydroxyl groups is 1. The molecule has 1 saturated carbocycles. The lowest BCUT2D eigenvalue weighted by Crippen LogP contribution is -2.34. The van der Waals surface area contributed by atoms with Gasteiger partial charge in [0.05, 0.1) is 12.2 Å². The second-order valence-electron chi connectivity index (χ2n) is 3.46. The van der Waals surface area contributed by atoms with Crippen molar-refractivity contribution in [2.45, 2.75) is 44.1 Å². The monoisotopic (exact) mass is 158 g/mol. The van der Waals surface area contributed by atoms with Crippen molar-refractivity contribution in [1.29, 1.82) is 0 Å². The molecule has 0 spiro atoms. The Balaban J connectivity index is 2.49. The topological polar surface area (TPSA) is 29.5 Å². The second kappa shape index (κ2) is 4.07. The summed E-state index contributed by atoms with van der Waals surface area (Å²) in [4.78, 5) is 0. The minimum absolute atomic E-state index is 0.184. The van der Waals surface area contributed by atoms with Gasteiger partial charge in [-0.1, -0.05) is 25.7 Å². The Labute approximate surface area is 68.6 Å². The average Bonchev–Trinajstić information content (AvgIpc) is 2.30. The Hall–Kier alpha value is -0.0800. The summed E-state index contributed by atoms with van der Waals surface area (Å²) in [7, 11) is 1.71. The molecule has 2 nitrogen and oxygen atoms in total. The molecular formula is C9H18O2. The van der Waals surface area contributed by atoms with Gasteiger partial charge in [-0.05, 0) is 12.8 Å². The first-order valence-corrected chi connectivity index (χ1v) is 4.49. The molecule has 0 bridgehead atoms. The maximum absolute atomic E-state index is 9.14. The molecule has 1 fully saturated rings. The van der Waals surface area contributed by atoms with Gasteiger partial charge in [-0.3, -0.25) is 0 Å². The van der Waals surface area contributed by atoms with Crippen LogP contribution in [0.4, 0.5) is 0 Å². The van der Waals surface area contributed by atoms with Gasteiger partial charge in [0.2, 0.25) is 0 Å². The number of rotatable bonds is 2. The number of aliphatic hydroxyl groups excluding tert-OH is 1. The highest BCUT2D eigenvalue weighted by molar-refractivity contribution is 4.81. The Morgan fingerprint density at radius 1 is 1.18 bits per heavy atom. The first kappa shape index (κ1) is 9.01. The fraction of sp³-hybridized carbons (Fsp3) is 1.00. The first-order chi connectivity index (χ1) is 5.33. The molecule has 0 aromatic rings. The van der Waals surface area contributed by atoms with Crippen molar-refractivity contribution in [3.05, 3.63) is 0 Å². The van der Waals surface area contributed by atoms with E-state index in [-0.39, 0.29) is 12.2 Å². The van der Waals surface area contributed by atoms with Crippen LogP contribution in [0.1, 0.15) is 38.5 Å². The van der Waals surface area contributed by atoms with Crippen molar-refractivity contribution < 1.29 is 9.84 Å². The summed E-state index contributed by atoms with van der Waals surface area (Å²) < 4.78 is 5.36. The fourth-order valence-electron chi connectivity index (χ4n) is 1.80. The van der Waals surface area contributed by atoms with E-state index >= 15 is 0 Å². The van der Waals surface area contributed by atoms with Crippen LogP contribution in [0.5, 0.6) is 0 Å². The van der Waals surface area contributed by atoms with Gasteiger partial charge in [-0.15, -0.1) is 0 Å². The third-order valence-electron chi connectivity index (χ3n) is 2.74. The molecule has 0 unspecified atom stereocenters. The molecule has 0 aromatic heterocycles. The lowest BCUT2D eigenvalue weighted by Gasteiger charge is -2.28. The van der Waals surface area contributed by atoms with Crippen LogP contribution in [0.25, 0.3) is 0 Å². The molecular weight excluding hydrogens is 140 g/mol. The highest BCUT2D eigenvalue weighted by atomic mass is 16.5. The molecule has 0 aromatic carbocycles. The zero-order valence-electron chi connectivity index (χ0n) is 7.31. The zero-order chi connectivity index (χ0) is 8.16. The summed E-state index contributed by atoms with van der Waals surface area (Å²) in [6, 6.07) is 0. The SMILES string of the molecule is COC1(CO)CCCCCC1. The first-order valence-electron chi connectivity index (χ1n) is 4.49. The van der Waals surface area contributed by atoms with Gasteiger partial charge in [0, 0.05) is 7.11 Å². The maximum atomic E-state index is 9.14. The van der Waals surface area contributed by atoms with Crippen molar-refractivity contribution in [2.75, 3.05) is 13.7 Å². The Morgan fingerprint density at radius 3 is 2.09 bits per heavy atom. The Morgan fingerprint density at radius 2 is 1.73 bits per heavy atom. The van der Waals surface area contributed by atoms with Crippen LogP contribution in [-0.2, 0) is 4.74 Å². The summed E-state index contributed by atoms with van der Waals surface area (Å²) in [5.74, 6) is 0. The minimum atomic E-state index is -0.198. The molecule has 1 N–H and O–H groups in total. The maximum Gasteiger partial charge on any atom is 0.0908 e. The van der Waals surface area contributed by atoms with Crippen LogP contribution in [0.3, 0.4) is 0 Å². The van der Waals surface area contributed by atoms with Crippen LogP contribution in [0.2, 0.25) is 0 Å². The molecule has 0 heterocycles. The molecule has 2 heteroatoms. The van der Waals surface area contributed by atoms with Gasteiger partial charge < -0.3 is 9.84 Å². The molecule has 0 aliphatic heterocycles. The lowest BCUT2D eigenvalue weighted by molar-refractivity contribution is -0.0618. The van der Waals surface area contributed by atoms with Crippen LogP contribution in [0.15, 0.2) is 0 Å². The van der Waals surface area contributed by atoms with Gasteiger partial charge in [-0.25, -0.2) is 0 Å². The van der Waals surface area contributed by atoms with Gasteiger partial charge in [0.25, 0.3) is 0 Å². The summed E-state index contributed by atoms with van der Waals surface area (Å²) in [6.07, 6.45) is 7.05. The quantitative estimate of drug-likeness (QED) is 0.620. The standard InChI is InChI=1S/C9H18O2/c1-11-9(8-10)6-4-2-3-5-7-9/h10H,2-8H2,1H3. The fourth-order valence-corrected chi connectivity index (χ4v) is 1.80. The van der Waals surface area contributed by atoms with E-state index in [1.165, 1.54) is 25.7 Å². The third kappa shape index (κ3) is 2.17. The molecule has 0 atom stereocenters. The van der Waals surface area contributed by atoms with Crippen molar-refractivity contribution in [2.24, 2.45) is 0 Å². The lowest BCUT2D eigenvalue weighted by atomic mass is 9.95. The normalized spacial score (nSPS) is 24.5. The van der Waals surface area contributed by atoms with Gasteiger partial charge in [0.15, 0.2) is 0 Å². The number of methoxy groups -OCH3 is 1. The van der Waals surface area contributed by atoms with E-state index in [1.807, 2.05) is 0 Å². The minimum Gasteiger partial charge on any atom is -0.393 e. The van der Waals surface area contributed by atoms with Gasteiger partial charge in [0.1, 0.15) is 0 Å². The molecule has 11 heavy (non-hydrogen) atoms. The van der Waals surface area contributed by atoms with Crippen LogP contribution in [-0.4, -0.2) is 24.4 Å². The second-order valence-corrected chi connectivity index (χ2v) is 3.46. The van der Waals surface area contributed by atoms with E-state index in [1.54, 1.807) is 7.11 Å². The van der Waals surface area contributed by atoms with E-state index in [9.17, 15) is 0 Å². The molecule has 1 aliphatic rings. The average molecular weight is 158 g/mol. The highest BCUT2D eigenvalue weighted by Crippen LogP contribution is 2.29. The largest absolute Gasteiger partial charge is 0.393 e.